The van der Waals surface area contributed by atoms with Gasteiger partial charge in [-0.25, -0.2) is 0 Å². The molecule has 1 aromatic rings. The molecule has 4 unspecified atom stereocenters. The van der Waals surface area contributed by atoms with Crippen LogP contribution in [0.4, 0.5) is 0 Å². The van der Waals surface area contributed by atoms with Crippen molar-refractivity contribution in [1.29, 1.82) is 0 Å². The van der Waals surface area contributed by atoms with Crippen LogP contribution in [-0.2, 0) is 6.42 Å². The van der Waals surface area contributed by atoms with E-state index in [1.807, 2.05) is 12.4 Å². The largest absolute Gasteiger partial charge is 0.327 e. The van der Waals surface area contributed by atoms with Crippen LogP contribution in [0.3, 0.4) is 0 Å². The average Bonchev–Trinajstić information content (AvgIpc) is 2.34. The van der Waals surface area contributed by atoms with E-state index in [0.717, 1.165) is 18.3 Å². The summed E-state index contributed by atoms with van der Waals surface area (Å²) in [6.07, 6.45) is 8.65. The maximum Gasteiger partial charge on any atom is 0.0270 e. The Morgan fingerprint density at radius 1 is 1.24 bits per heavy atom. The summed E-state index contributed by atoms with van der Waals surface area (Å²) in [5.74, 6) is 2.41. The van der Waals surface area contributed by atoms with Gasteiger partial charge in [0.2, 0.25) is 0 Å². The maximum absolute atomic E-state index is 6.37. The van der Waals surface area contributed by atoms with E-state index in [0.29, 0.717) is 12.0 Å². The minimum atomic E-state index is 0.312. The Labute approximate surface area is 105 Å². The highest BCUT2D eigenvalue weighted by Gasteiger charge is 2.28. The highest BCUT2D eigenvalue weighted by Crippen LogP contribution is 2.35. The van der Waals surface area contributed by atoms with Gasteiger partial charge in [0.15, 0.2) is 0 Å². The van der Waals surface area contributed by atoms with Crippen molar-refractivity contribution in [1.82, 2.24) is 4.98 Å². The molecule has 2 heteroatoms. The van der Waals surface area contributed by atoms with E-state index in [-0.39, 0.29) is 0 Å². The quantitative estimate of drug-likeness (QED) is 0.870. The van der Waals surface area contributed by atoms with Crippen LogP contribution in [0, 0.1) is 17.8 Å². The molecular weight excluding hydrogens is 208 g/mol. The third kappa shape index (κ3) is 3.29. The van der Waals surface area contributed by atoms with Gasteiger partial charge in [0.25, 0.3) is 0 Å². The van der Waals surface area contributed by atoms with Gasteiger partial charge < -0.3 is 5.73 Å². The number of hydrogen-bond donors (Lipinski definition) is 1. The van der Waals surface area contributed by atoms with Crippen molar-refractivity contribution in [2.45, 2.75) is 45.6 Å². The van der Waals surface area contributed by atoms with E-state index in [4.69, 9.17) is 5.73 Å². The molecular formula is C15H24N2. The normalized spacial score (nSPS) is 31.1. The van der Waals surface area contributed by atoms with Gasteiger partial charge in [-0.05, 0) is 54.7 Å². The highest BCUT2D eigenvalue weighted by molar-refractivity contribution is 5.11. The molecule has 2 rings (SSSR count). The summed E-state index contributed by atoms with van der Waals surface area (Å²) in [7, 11) is 0. The van der Waals surface area contributed by atoms with Crippen LogP contribution < -0.4 is 5.73 Å². The Morgan fingerprint density at radius 2 is 1.94 bits per heavy atom. The molecule has 94 valence electrons. The summed E-state index contributed by atoms with van der Waals surface area (Å²) >= 11 is 0. The summed E-state index contributed by atoms with van der Waals surface area (Å²) in [5.41, 5.74) is 7.69. The third-order valence-electron chi connectivity index (χ3n) is 4.46. The summed E-state index contributed by atoms with van der Waals surface area (Å²) < 4.78 is 0. The molecule has 1 heterocycles. The number of aromatic nitrogens is 1. The number of nitrogens with two attached hydrogens (primary N) is 1. The second-order valence-corrected chi connectivity index (χ2v) is 5.75. The molecule has 0 spiro atoms. The van der Waals surface area contributed by atoms with E-state index in [1.54, 1.807) is 0 Å². The minimum Gasteiger partial charge on any atom is -0.327 e. The van der Waals surface area contributed by atoms with Crippen molar-refractivity contribution in [3.63, 3.8) is 0 Å². The molecule has 2 nitrogen and oxygen atoms in total. The average molecular weight is 232 g/mol. The zero-order valence-corrected chi connectivity index (χ0v) is 11.0. The van der Waals surface area contributed by atoms with Crippen LogP contribution in [-0.4, -0.2) is 11.0 Å². The van der Waals surface area contributed by atoms with Crippen LogP contribution in [0.25, 0.3) is 0 Å². The Balaban J connectivity index is 1.90. The summed E-state index contributed by atoms with van der Waals surface area (Å²) in [4.78, 5) is 4.05. The van der Waals surface area contributed by atoms with Crippen molar-refractivity contribution in [2.75, 3.05) is 0 Å². The van der Waals surface area contributed by atoms with E-state index >= 15 is 0 Å². The molecule has 2 N–H and O–H groups in total. The first-order valence-corrected chi connectivity index (χ1v) is 6.81. The van der Waals surface area contributed by atoms with Crippen molar-refractivity contribution >= 4 is 0 Å². The number of hydrogen-bond acceptors (Lipinski definition) is 2. The van der Waals surface area contributed by atoms with E-state index in [9.17, 15) is 0 Å². The molecule has 1 aliphatic rings. The minimum absolute atomic E-state index is 0.312. The van der Waals surface area contributed by atoms with E-state index in [1.165, 1.54) is 24.8 Å². The fourth-order valence-electron chi connectivity index (χ4n) is 2.94. The fourth-order valence-corrected chi connectivity index (χ4v) is 2.94. The summed E-state index contributed by atoms with van der Waals surface area (Å²) in [6, 6.07) is 4.47. The molecule has 0 aromatic carbocycles. The molecule has 1 aromatic heterocycles. The monoisotopic (exact) mass is 232 g/mol. The molecule has 0 radical (unpaired) electrons. The van der Waals surface area contributed by atoms with Crippen LogP contribution in [0.5, 0.6) is 0 Å². The van der Waals surface area contributed by atoms with Crippen LogP contribution in [0.1, 0.15) is 38.7 Å². The number of rotatable bonds is 3. The zero-order valence-electron chi connectivity index (χ0n) is 11.0. The second kappa shape index (κ2) is 5.63. The predicted molar refractivity (Wildman–Crippen MR) is 71.6 cm³/mol. The Hall–Kier alpha value is -0.890. The maximum atomic E-state index is 6.37. The highest BCUT2D eigenvalue weighted by atomic mass is 14.7. The summed E-state index contributed by atoms with van der Waals surface area (Å²) in [6.45, 7) is 4.74. The SMILES string of the molecule is CC1CCC(C(N)Cc2ccncc2)CC1C. The van der Waals surface area contributed by atoms with Crippen LogP contribution >= 0.6 is 0 Å². The van der Waals surface area contributed by atoms with Gasteiger partial charge in [-0.2, -0.15) is 0 Å². The van der Waals surface area contributed by atoms with Crippen molar-refractivity contribution in [3.05, 3.63) is 30.1 Å². The lowest BCUT2D eigenvalue weighted by molar-refractivity contribution is 0.185. The number of pyridine rings is 1. The van der Waals surface area contributed by atoms with Crippen LogP contribution in [0.15, 0.2) is 24.5 Å². The third-order valence-corrected chi connectivity index (χ3v) is 4.46. The lowest BCUT2D eigenvalue weighted by atomic mass is 9.72. The molecule has 17 heavy (non-hydrogen) atoms. The Morgan fingerprint density at radius 3 is 2.59 bits per heavy atom. The smallest absolute Gasteiger partial charge is 0.0270 e. The van der Waals surface area contributed by atoms with Gasteiger partial charge >= 0.3 is 0 Å². The van der Waals surface area contributed by atoms with Gasteiger partial charge in [0.05, 0.1) is 0 Å². The predicted octanol–water partition coefficient (Wildman–Crippen LogP) is 3.02. The Kier molecular flexibility index (Phi) is 4.16. The fraction of sp³-hybridized carbons (Fsp3) is 0.667. The van der Waals surface area contributed by atoms with Gasteiger partial charge in [-0.1, -0.05) is 20.3 Å². The number of nitrogens with zero attached hydrogens (tertiary/aromatic N) is 1. The molecule has 1 fully saturated rings. The van der Waals surface area contributed by atoms with Gasteiger partial charge in [-0.3, -0.25) is 4.98 Å². The molecule has 0 saturated heterocycles. The lowest BCUT2D eigenvalue weighted by Gasteiger charge is -2.35. The molecule has 1 saturated carbocycles. The molecule has 0 aliphatic heterocycles. The first-order valence-electron chi connectivity index (χ1n) is 6.81. The molecule has 0 amide bonds. The van der Waals surface area contributed by atoms with Gasteiger partial charge in [0.1, 0.15) is 0 Å². The van der Waals surface area contributed by atoms with E-state index in [2.05, 4.69) is 31.0 Å². The standard InChI is InChI=1S/C15H24N2/c1-11-3-4-14(9-12(11)2)15(16)10-13-5-7-17-8-6-13/h5-8,11-12,14-15H,3-4,9-10,16H2,1-2H3. The van der Waals surface area contributed by atoms with Gasteiger partial charge in [-0.15, -0.1) is 0 Å². The lowest BCUT2D eigenvalue weighted by Crippen LogP contribution is -2.36. The molecule has 4 atom stereocenters. The Bertz CT molecular complexity index is 336. The molecule has 1 aliphatic carbocycles. The van der Waals surface area contributed by atoms with Crippen molar-refractivity contribution in [3.8, 4) is 0 Å². The first-order chi connectivity index (χ1) is 8.16. The van der Waals surface area contributed by atoms with Crippen molar-refractivity contribution in [2.24, 2.45) is 23.5 Å². The first kappa shape index (κ1) is 12.6. The van der Waals surface area contributed by atoms with Crippen LogP contribution in [0.2, 0.25) is 0 Å². The topological polar surface area (TPSA) is 38.9 Å². The van der Waals surface area contributed by atoms with Crippen molar-refractivity contribution < 1.29 is 0 Å². The second-order valence-electron chi connectivity index (χ2n) is 5.75. The van der Waals surface area contributed by atoms with Gasteiger partial charge in [0, 0.05) is 18.4 Å². The summed E-state index contributed by atoms with van der Waals surface area (Å²) in [5, 5.41) is 0. The molecule has 0 bridgehead atoms. The van der Waals surface area contributed by atoms with E-state index < -0.39 is 0 Å². The zero-order chi connectivity index (χ0) is 12.3.